The Morgan fingerprint density at radius 3 is 2.85 bits per heavy atom. The van der Waals surface area contributed by atoms with Gasteiger partial charge in [-0.3, -0.25) is 9.98 Å². The minimum Gasteiger partial charge on any atom is -0.383 e. The van der Waals surface area contributed by atoms with Gasteiger partial charge in [0.05, 0.1) is 18.3 Å². The van der Waals surface area contributed by atoms with Crippen molar-refractivity contribution in [2.24, 2.45) is 21.6 Å². The first kappa shape index (κ1) is 16.1. The summed E-state index contributed by atoms with van der Waals surface area (Å²) in [5.74, 6) is 0.701. The number of allylic oxidation sites excluding steroid dienone is 2. The summed E-state index contributed by atoms with van der Waals surface area (Å²) in [5.41, 5.74) is 7.59. The fraction of sp³-hybridized carbons (Fsp3) is 0.375. The molecule has 1 aliphatic rings. The summed E-state index contributed by atoms with van der Waals surface area (Å²) in [6.45, 7) is 12.4. The highest BCUT2D eigenvalue weighted by Crippen LogP contribution is 2.26. The van der Waals surface area contributed by atoms with E-state index in [1.165, 1.54) is 0 Å². The quantitative estimate of drug-likeness (QED) is 0.440. The zero-order valence-electron chi connectivity index (χ0n) is 12.2. The van der Waals surface area contributed by atoms with Crippen LogP contribution in [0.3, 0.4) is 0 Å². The lowest BCUT2D eigenvalue weighted by molar-refractivity contribution is 0.0709. The summed E-state index contributed by atoms with van der Waals surface area (Å²) >= 11 is 0. The molecule has 0 heterocycles. The van der Waals surface area contributed by atoms with Crippen molar-refractivity contribution in [2.45, 2.75) is 20.0 Å². The van der Waals surface area contributed by atoms with E-state index in [2.05, 4.69) is 30.2 Å². The maximum atomic E-state index is 6.03. The van der Waals surface area contributed by atoms with Gasteiger partial charge in [-0.2, -0.15) is 0 Å². The normalized spacial score (nSPS) is 23.4. The SMILES string of the molecule is C=C/C=C\CN=C(N)C1=CC(C)C(OCC)C=C1N=C. The summed E-state index contributed by atoms with van der Waals surface area (Å²) in [4.78, 5) is 8.34. The van der Waals surface area contributed by atoms with Gasteiger partial charge in [-0.1, -0.05) is 37.8 Å². The second-order valence-corrected chi connectivity index (χ2v) is 4.46. The molecule has 2 atom stereocenters. The minimum absolute atomic E-state index is 0.0118. The molecule has 4 nitrogen and oxygen atoms in total. The Balaban J connectivity index is 2.90. The number of ether oxygens (including phenoxy) is 1. The highest BCUT2D eigenvalue weighted by atomic mass is 16.5. The predicted molar refractivity (Wildman–Crippen MR) is 86.1 cm³/mol. The first-order valence-corrected chi connectivity index (χ1v) is 6.74. The minimum atomic E-state index is 0.0118. The molecule has 20 heavy (non-hydrogen) atoms. The molecule has 0 radical (unpaired) electrons. The maximum absolute atomic E-state index is 6.03. The largest absolute Gasteiger partial charge is 0.383 e. The fourth-order valence-electron chi connectivity index (χ4n) is 1.98. The van der Waals surface area contributed by atoms with Crippen LogP contribution in [-0.4, -0.2) is 31.8 Å². The first-order chi connectivity index (χ1) is 9.63. The van der Waals surface area contributed by atoms with E-state index < -0.39 is 0 Å². The number of nitrogens with zero attached hydrogens (tertiary/aromatic N) is 2. The summed E-state index contributed by atoms with van der Waals surface area (Å²) in [7, 11) is 0. The molecule has 0 saturated heterocycles. The fourth-order valence-corrected chi connectivity index (χ4v) is 1.98. The zero-order valence-corrected chi connectivity index (χ0v) is 12.2. The van der Waals surface area contributed by atoms with Gasteiger partial charge in [0.2, 0.25) is 0 Å². The van der Waals surface area contributed by atoms with Crippen LogP contribution in [0.5, 0.6) is 0 Å². The van der Waals surface area contributed by atoms with Crippen LogP contribution in [-0.2, 0) is 4.74 Å². The molecule has 2 unspecified atom stereocenters. The summed E-state index contributed by atoms with van der Waals surface area (Å²) in [6, 6.07) is 0. The van der Waals surface area contributed by atoms with Crippen molar-refractivity contribution in [3.63, 3.8) is 0 Å². The van der Waals surface area contributed by atoms with Gasteiger partial charge in [0.15, 0.2) is 0 Å². The highest BCUT2D eigenvalue weighted by molar-refractivity contribution is 6.01. The van der Waals surface area contributed by atoms with Gasteiger partial charge in [-0.05, 0) is 19.7 Å². The maximum Gasteiger partial charge on any atom is 0.127 e. The number of nitrogens with two attached hydrogens (primary N) is 1. The molecule has 0 amide bonds. The van der Waals surface area contributed by atoms with E-state index in [0.29, 0.717) is 19.0 Å². The lowest BCUT2D eigenvalue weighted by Crippen LogP contribution is -2.27. The Bertz CT molecular complexity index is 472. The van der Waals surface area contributed by atoms with Crippen molar-refractivity contribution in [3.05, 3.63) is 48.2 Å². The average molecular weight is 273 g/mol. The van der Waals surface area contributed by atoms with Crippen LogP contribution in [0.25, 0.3) is 0 Å². The van der Waals surface area contributed by atoms with Crippen LogP contribution >= 0.6 is 0 Å². The Morgan fingerprint density at radius 2 is 2.25 bits per heavy atom. The van der Waals surface area contributed by atoms with Gasteiger partial charge in [0, 0.05) is 18.1 Å². The standard InChI is InChI=1S/C16H23N3O/c1-5-7-8-9-19-16(17)13-10-12(3)15(20-6-2)11-14(13)18-4/h5,7-8,10-12,15H,1,4,6,9H2,2-3H3,(H2,17,19)/b8-7-. The van der Waals surface area contributed by atoms with Gasteiger partial charge in [0.25, 0.3) is 0 Å². The van der Waals surface area contributed by atoms with E-state index >= 15 is 0 Å². The molecule has 0 fully saturated rings. The summed E-state index contributed by atoms with van der Waals surface area (Å²) < 4.78 is 5.66. The van der Waals surface area contributed by atoms with Gasteiger partial charge in [0.1, 0.15) is 5.84 Å². The van der Waals surface area contributed by atoms with Crippen LogP contribution in [0, 0.1) is 5.92 Å². The zero-order chi connectivity index (χ0) is 15.0. The Morgan fingerprint density at radius 1 is 1.50 bits per heavy atom. The van der Waals surface area contributed by atoms with Crippen LogP contribution in [0.15, 0.2) is 58.2 Å². The second-order valence-electron chi connectivity index (χ2n) is 4.46. The van der Waals surface area contributed by atoms with Gasteiger partial charge >= 0.3 is 0 Å². The number of rotatable bonds is 7. The number of hydrogen-bond donors (Lipinski definition) is 1. The van der Waals surface area contributed by atoms with Crippen molar-refractivity contribution in [3.8, 4) is 0 Å². The number of amidine groups is 1. The molecule has 0 aromatic heterocycles. The van der Waals surface area contributed by atoms with Gasteiger partial charge in [-0.15, -0.1) is 0 Å². The third kappa shape index (κ3) is 4.31. The smallest absolute Gasteiger partial charge is 0.127 e. The van der Waals surface area contributed by atoms with E-state index in [9.17, 15) is 0 Å². The van der Waals surface area contributed by atoms with Crippen molar-refractivity contribution in [2.75, 3.05) is 13.2 Å². The van der Waals surface area contributed by atoms with Crippen LogP contribution in [0.4, 0.5) is 0 Å². The highest BCUT2D eigenvalue weighted by Gasteiger charge is 2.23. The summed E-state index contributed by atoms with van der Waals surface area (Å²) in [6.07, 6.45) is 9.44. The molecule has 1 rings (SSSR count). The van der Waals surface area contributed by atoms with E-state index in [1.54, 1.807) is 6.08 Å². The van der Waals surface area contributed by atoms with Gasteiger partial charge < -0.3 is 10.5 Å². The van der Waals surface area contributed by atoms with Crippen molar-refractivity contribution in [1.82, 2.24) is 0 Å². The molecule has 2 N–H and O–H groups in total. The monoisotopic (exact) mass is 273 g/mol. The molecule has 0 spiro atoms. The molecule has 4 heteroatoms. The van der Waals surface area contributed by atoms with E-state index in [-0.39, 0.29) is 12.0 Å². The topological polar surface area (TPSA) is 60.0 Å². The molecule has 0 bridgehead atoms. The third-order valence-electron chi connectivity index (χ3n) is 2.99. The Labute approximate surface area is 121 Å². The van der Waals surface area contributed by atoms with Crippen LogP contribution in [0.2, 0.25) is 0 Å². The molecule has 0 aliphatic heterocycles. The second kappa shape index (κ2) is 8.27. The van der Waals surface area contributed by atoms with E-state index in [4.69, 9.17) is 10.5 Å². The molecule has 0 aromatic rings. The Hall–Kier alpha value is -1.94. The van der Waals surface area contributed by atoms with E-state index in [0.717, 1.165) is 11.3 Å². The molecular formula is C16H23N3O. The first-order valence-electron chi connectivity index (χ1n) is 6.74. The van der Waals surface area contributed by atoms with Crippen LogP contribution in [0.1, 0.15) is 13.8 Å². The van der Waals surface area contributed by atoms with Crippen molar-refractivity contribution in [1.29, 1.82) is 0 Å². The van der Waals surface area contributed by atoms with Crippen molar-refractivity contribution < 1.29 is 4.74 Å². The van der Waals surface area contributed by atoms with E-state index in [1.807, 2.05) is 31.2 Å². The molecule has 108 valence electrons. The predicted octanol–water partition coefficient (Wildman–Crippen LogP) is 2.65. The molecular weight excluding hydrogens is 250 g/mol. The molecule has 1 aliphatic carbocycles. The molecule has 0 aromatic carbocycles. The van der Waals surface area contributed by atoms with Crippen LogP contribution < -0.4 is 5.73 Å². The average Bonchev–Trinajstić information content (AvgIpc) is 2.45. The Kier molecular flexibility index (Phi) is 6.67. The lowest BCUT2D eigenvalue weighted by Gasteiger charge is -2.25. The third-order valence-corrected chi connectivity index (χ3v) is 2.99. The number of aliphatic imine (C=N–C) groups is 2. The summed E-state index contributed by atoms with van der Waals surface area (Å²) in [5, 5.41) is 0. The van der Waals surface area contributed by atoms with Gasteiger partial charge in [-0.25, -0.2) is 0 Å². The molecule has 0 saturated carbocycles. The number of hydrogen-bond acceptors (Lipinski definition) is 3. The van der Waals surface area contributed by atoms with Crippen molar-refractivity contribution >= 4 is 12.6 Å². The lowest BCUT2D eigenvalue weighted by atomic mass is 9.92.